The molecule has 0 fully saturated rings. The van der Waals surface area contributed by atoms with Gasteiger partial charge in [-0.3, -0.25) is 0 Å². The summed E-state index contributed by atoms with van der Waals surface area (Å²) in [5.41, 5.74) is 2.94. The highest BCUT2D eigenvalue weighted by Gasteiger charge is 2.09. The van der Waals surface area contributed by atoms with Gasteiger partial charge in [-0.05, 0) is 42.5 Å². The quantitative estimate of drug-likeness (QED) is 0.831. The maximum Gasteiger partial charge on any atom is 0.315 e. The lowest BCUT2D eigenvalue weighted by atomic mass is 10.1. The number of nitrogens with one attached hydrogen (secondary N) is 2. The van der Waals surface area contributed by atoms with E-state index in [0.717, 1.165) is 12.0 Å². The average Bonchev–Trinajstić information content (AvgIpc) is 2.56. The number of carbonyl (C=O) groups is 1. The minimum absolute atomic E-state index is 0.0747. The summed E-state index contributed by atoms with van der Waals surface area (Å²) in [5.74, 6) is -0.237. The molecule has 0 aliphatic heterocycles. The Hall–Kier alpha value is -2.36. The van der Waals surface area contributed by atoms with E-state index in [1.165, 1.54) is 11.6 Å². The van der Waals surface area contributed by atoms with Crippen LogP contribution in [0.3, 0.4) is 0 Å². The first-order valence-corrected chi connectivity index (χ1v) is 7.96. The predicted octanol–water partition coefficient (Wildman–Crippen LogP) is 3.99. The number of amides is 2. The summed E-state index contributed by atoms with van der Waals surface area (Å²) in [7, 11) is 0. The molecule has 1 atom stereocenters. The second-order valence-corrected chi connectivity index (χ2v) is 5.56. The number of hydrogen-bond donors (Lipinski definition) is 2. The largest absolute Gasteiger partial charge is 0.338 e. The molecule has 1 unspecified atom stereocenters. The Morgan fingerprint density at radius 2 is 1.83 bits per heavy atom. The Balaban J connectivity index is 1.78. The van der Waals surface area contributed by atoms with E-state index in [-0.39, 0.29) is 17.9 Å². The molecule has 0 aromatic heterocycles. The van der Waals surface area contributed by atoms with Crippen molar-refractivity contribution in [1.82, 2.24) is 10.6 Å². The smallest absolute Gasteiger partial charge is 0.315 e. The van der Waals surface area contributed by atoms with E-state index in [1.54, 1.807) is 18.2 Å². The molecule has 0 saturated carbocycles. The zero-order chi connectivity index (χ0) is 16.7. The third kappa shape index (κ3) is 5.09. The van der Waals surface area contributed by atoms with Crippen LogP contribution in [0.15, 0.2) is 48.5 Å². The molecular formula is C19H23FN2O. The van der Waals surface area contributed by atoms with Crippen molar-refractivity contribution in [3.8, 4) is 0 Å². The molecule has 0 aliphatic carbocycles. The van der Waals surface area contributed by atoms with E-state index >= 15 is 0 Å². The SMILES string of the molecule is CCc1ccc(C(C)NC(=O)NCCc2ccccc2F)cc1. The van der Waals surface area contributed by atoms with Gasteiger partial charge in [-0.2, -0.15) is 0 Å². The van der Waals surface area contributed by atoms with E-state index < -0.39 is 0 Å². The van der Waals surface area contributed by atoms with Crippen molar-refractivity contribution in [1.29, 1.82) is 0 Å². The Morgan fingerprint density at radius 1 is 1.13 bits per heavy atom. The van der Waals surface area contributed by atoms with Crippen molar-refractivity contribution in [3.63, 3.8) is 0 Å². The molecule has 2 N–H and O–H groups in total. The van der Waals surface area contributed by atoms with Crippen LogP contribution in [0.4, 0.5) is 9.18 Å². The summed E-state index contributed by atoms with van der Waals surface area (Å²) >= 11 is 0. The topological polar surface area (TPSA) is 41.1 Å². The molecule has 0 bridgehead atoms. The molecule has 3 nitrogen and oxygen atoms in total. The molecule has 0 spiro atoms. The molecule has 122 valence electrons. The van der Waals surface area contributed by atoms with Crippen LogP contribution in [0.1, 0.15) is 36.6 Å². The number of halogens is 1. The van der Waals surface area contributed by atoms with Crippen LogP contribution < -0.4 is 10.6 Å². The van der Waals surface area contributed by atoms with Crippen molar-refractivity contribution in [2.75, 3.05) is 6.54 Å². The first-order valence-electron chi connectivity index (χ1n) is 7.96. The molecular weight excluding hydrogens is 291 g/mol. The summed E-state index contributed by atoms with van der Waals surface area (Å²) in [6.07, 6.45) is 1.47. The summed E-state index contributed by atoms with van der Waals surface area (Å²) in [6, 6.07) is 14.5. The van der Waals surface area contributed by atoms with Gasteiger partial charge in [-0.1, -0.05) is 49.4 Å². The van der Waals surface area contributed by atoms with E-state index in [1.807, 2.05) is 19.1 Å². The maximum atomic E-state index is 13.5. The number of carbonyl (C=O) groups excluding carboxylic acids is 1. The van der Waals surface area contributed by atoms with E-state index in [0.29, 0.717) is 18.5 Å². The third-order valence-corrected chi connectivity index (χ3v) is 3.87. The molecule has 23 heavy (non-hydrogen) atoms. The van der Waals surface area contributed by atoms with Gasteiger partial charge in [0.2, 0.25) is 0 Å². The van der Waals surface area contributed by atoms with Crippen LogP contribution in [-0.4, -0.2) is 12.6 Å². The third-order valence-electron chi connectivity index (χ3n) is 3.87. The lowest BCUT2D eigenvalue weighted by Gasteiger charge is -2.15. The van der Waals surface area contributed by atoms with Crippen LogP contribution in [0, 0.1) is 5.82 Å². The van der Waals surface area contributed by atoms with Gasteiger partial charge in [-0.15, -0.1) is 0 Å². The first-order chi connectivity index (χ1) is 11.1. The first kappa shape index (κ1) is 17.0. The fourth-order valence-electron chi connectivity index (χ4n) is 2.38. The summed E-state index contributed by atoms with van der Waals surface area (Å²) < 4.78 is 13.5. The molecule has 2 aromatic rings. The van der Waals surface area contributed by atoms with Gasteiger partial charge >= 0.3 is 6.03 Å². The van der Waals surface area contributed by atoms with E-state index in [9.17, 15) is 9.18 Å². The number of hydrogen-bond acceptors (Lipinski definition) is 1. The highest BCUT2D eigenvalue weighted by molar-refractivity contribution is 5.74. The van der Waals surface area contributed by atoms with Crippen molar-refractivity contribution in [2.24, 2.45) is 0 Å². The Labute approximate surface area is 136 Å². The van der Waals surface area contributed by atoms with Crippen LogP contribution in [0.2, 0.25) is 0 Å². The van der Waals surface area contributed by atoms with Crippen LogP contribution >= 0.6 is 0 Å². The molecule has 2 amide bonds. The van der Waals surface area contributed by atoms with E-state index in [4.69, 9.17) is 0 Å². The minimum Gasteiger partial charge on any atom is -0.338 e. The van der Waals surface area contributed by atoms with Crippen molar-refractivity contribution in [2.45, 2.75) is 32.7 Å². The summed E-state index contributed by atoms with van der Waals surface area (Å²) in [6.45, 7) is 4.45. The predicted molar refractivity (Wildman–Crippen MR) is 90.9 cm³/mol. The minimum atomic E-state index is -0.242. The molecule has 0 saturated heterocycles. The Bertz CT molecular complexity index is 640. The van der Waals surface area contributed by atoms with Gasteiger partial charge in [0.15, 0.2) is 0 Å². The van der Waals surface area contributed by atoms with Crippen LogP contribution in [-0.2, 0) is 12.8 Å². The highest BCUT2D eigenvalue weighted by Crippen LogP contribution is 2.13. The van der Waals surface area contributed by atoms with Crippen molar-refractivity contribution < 1.29 is 9.18 Å². The molecule has 2 aromatic carbocycles. The standard InChI is InChI=1S/C19H23FN2O/c1-3-15-8-10-16(11-9-15)14(2)22-19(23)21-13-12-17-6-4-5-7-18(17)20/h4-11,14H,3,12-13H2,1-2H3,(H2,21,22,23). The monoisotopic (exact) mass is 314 g/mol. The van der Waals surface area contributed by atoms with Crippen molar-refractivity contribution in [3.05, 3.63) is 71.0 Å². The molecule has 0 aliphatic rings. The Kier molecular flexibility index (Phi) is 6.15. The van der Waals surface area contributed by atoms with Gasteiger partial charge in [0.25, 0.3) is 0 Å². The molecule has 0 radical (unpaired) electrons. The zero-order valence-corrected chi connectivity index (χ0v) is 13.6. The Morgan fingerprint density at radius 3 is 2.48 bits per heavy atom. The van der Waals surface area contributed by atoms with Crippen LogP contribution in [0.5, 0.6) is 0 Å². The fraction of sp³-hybridized carbons (Fsp3) is 0.316. The number of urea groups is 1. The van der Waals surface area contributed by atoms with Gasteiger partial charge in [0.1, 0.15) is 5.82 Å². The number of rotatable bonds is 6. The van der Waals surface area contributed by atoms with Gasteiger partial charge < -0.3 is 10.6 Å². The van der Waals surface area contributed by atoms with Crippen molar-refractivity contribution >= 4 is 6.03 Å². The summed E-state index contributed by atoms with van der Waals surface area (Å²) in [4.78, 5) is 11.9. The fourth-order valence-corrected chi connectivity index (χ4v) is 2.38. The average molecular weight is 314 g/mol. The lowest BCUT2D eigenvalue weighted by Crippen LogP contribution is -2.38. The molecule has 4 heteroatoms. The lowest BCUT2D eigenvalue weighted by molar-refractivity contribution is 0.238. The highest BCUT2D eigenvalue weighted by atomic mass is 19.1. The van der Waals surface area contributed by atoms with Gasteiger partial charge in [0, 0.05) is 6.54 Å². The second kappa shape index (κ2) is 8.32. The second-order valence-electron chi connectivity index (χ2n) is 5.56. The maximum absolute atomic E-state index is 13.5. The molecule has 0 heterocycles. The summed E-state index contributed by atoms with van der Waals surface area (Å²) in [5, 5.41) is 5.66. The van der Waals surface area contributed by atoms with Gasteiger partial charge in [-0.25, -0.2) is 9.18 Å². The normalized spacial score (nSPS) is 11.8. The van der Waals surface area contributed by atoms with E-state index in [2.05, 4.69) is 29.7 Å². The van der Waals surface area contributed by atoms with Crippen LogP contribution in [0.25, 0.3) is 0 Å². The number of benzene rings is 2. The van der Waals surface area contributed by atoms with Gasteiger partial charge in [0.05, 0.1) is 6.04 Å². The molecule has 2 rings (SSSR count). The zero-order valence-electron chi connectivity index (χ0n) is 13.6. The number of aryl methyl sites for hydroxylation is 1.